The zero-order valence-corrected chi connectivity index (χ0v) is 10.3. The van der Waals surface area contributed by atoms with Crippen LogP contribution in [-0.4, -0.2) is 30.0 Å². The van der Waals surface area contributed by atoms with Gasteiger partial charge >= 0.3 is 0 Å². The van der Waals surface area contributed by atoms with Crippen molar-refractivity contribution < 1.29 is 10.0 Å². The molecule has 1 amide bonds. The third kappa shape index (κ3) is 4.84. The van der Waals surface area contributed by atoms with Crippen LogP contribution < -0.4 is 16.4 Å². The van der Waals surface area contributed by atoms with E-state index >= 15 is 0 Å². The van der Waals surface area contributed by atoms with E-state index in [2.05, 4.69) is 15.8 Å². The lowest BCUT2D eigenvalue weighted by Crippen LogP contribution is -2.29. The normalized spacial score (nSPS) is 11.3. The molecule has 0 aromatic heterocycles. The van der Waals surface area contributed by atoms with E-state index in [-0.39, 0.29) is 11.7 Å². The second-order valence-electron chi connectivity index (χ2n) is 3.85. The maximum atomic E-state index is 10.6. The molecule has 0 unspecified atom stereocenters. The Morgan fingerprint density at radius 1 is 1.44 bits per heavy atom. The van der Waals surface area contributed by atoms with Crippen molar-refractivity contribution in [2.75, 3.05) is 13.1 Å². The Balaban J connectivity index is 2.41. The van der Waals surface area contributed by atoms with Crippen LogP contribution in [0, 0.1) is 0 Å². The topological polar surface area (TPSA) is 99.7 Å². The first-order chi connectivity index (χ1) is 8.63. The summed E-state index contributed by atoms with van der Waals surface area (Å²) in [6.07, 6.45) is 0. The summed E-state index contributed by atoms with van der Waals surface area (Å²) in [6, 6.07) is 7.41. The minimum atomic E-state index is -0.0364. The third-order valence-corrected chi connectivity index (χ3v) is 2.34. The number of hydrogen-bond donors (Lipinski definition) is 4. The number of nitrogens with two attached hydrogens (primary N) is 1. The molecule has 1 aromatic carbocycles. The molecule has 0 aliphatic carbocycles. The largest absolute Gasteiger partial charge is 0.409 e. The molecule has 0 aliphatic heterocycles. The van der Waals surface area contributed by atoms with Crippen LogP contribution in [-0.2, 0) is 11.3 Å². The van der Waals surface area contributed by atoms with Crippen LogP contribution >= 0.6 is 0 Å². The average Bonchev–Trinajstić information content (AvgIpc) is 2.37. The fourth-order valence-corrected chi connectivity index (χ4v) is 1.46. The average molecular weight is 250 g/mol. The molecular weight excluding hydrogens is 232 g/mol. The Labute approximate surface area is 106 Å². The zero-order chi connectivity index (χ0) is 13.4. The van der Waals surface area contributed by atoms with Gasteiger partial charge in [0.05, 0.1) is 0 Å². The van der Waals surface area contributed by atoms with Crippen molar-refractivity contribution in [3.8, 4) is 0 Å². The Morgan fingerprint density at radius 2 is 2.22 bits per heavy atom. The highest BCUT2D eigenvalue weighted by molar-refractivity contribution is 5.97. The van der Waals surface area contributed by atoms with Gasteiger partial charge in [-0.25, -0.2) is 0 Å². The first kappa shape index (κ1) is 14.0. The Hall–Kier alpha value is -2.08. The first-order valence-corrected chi connectivity index (χ1v) is 5.65. The highest BCUT2D eigenvalue weighted by atomic mass is 16.4. The summed E-state index contributed by atoms with van der Waals surface area (Å²) in [4.78, 5) is 10.6. The molecule has 6 nitrogen and oxygen atoms in total. The molecule has 1 aromatic rings. The number of rotatable bonds is 6. The zero-order valence-electron chi connectivity index (χ0n) is 10.3. The number of hydrogen-bond acceptors (Lipinski definition) is 4. The van der Waals surface area contributed by atoms with E-state index in [0.29, 0.717) is 25.2 Å². The molecule has 0 saturated carbocycles. The van der Waals surface area contributed by atoms with Gasteiger partial charge < -0.3 is 21.6 Å². The monoisotopic (exact) mass is 250 g/mol. The number of carbonyl (C=O) groups excluding carboxylic acids is 1. The Kier molecular flexibility index (Phi) is 5.66. The summed E-state index contributed by atoms with van der Waals surface area (Å²) in [5.74, 6) is 0.0563. The van der Waals surface area contributed by atoms with E-state index in [9.17, 15) is 4.79 Å². The minimum Gasteiger partial charge on any atom is -0.409 e. The lowest BCUT2D eigenvalue weighted by atomic mass is 10.1. The third-order valence-electron chi connectivity index (χ3n) is 2.34. The van der Waals surface area contributed by atoms with Gasteiger partial charge in [-0.15, -0.1) is 0 Å². The number of nitrogens with one attached hydrogen (secondary N) is 2. The van der Waals surface area contributed by atoms with E-state index in [1.54, 1.807) is 6.07 Å². The molecule has 0 atom stereocenters. The highest BCUT2D eigenvalue weighted by Gasteiger charge is 2.00. The maximum absolute atomic E-state index is 10.6. The van der Waals surface area contributed by atoms with Crippen molar-refractivity contribution in [2.24, 2.45) is 10.9 Å². The van der Waals surface area contributed by atoms with Gasteiger partial charge in [-0.3, -0.25) is 4.79 Å². The van der Waals surface area contributed by atoms with Crippen LogP contribution in [0.15, 0.2) is 29.4 Å². The van der Waals surface area contributed by atoms with Crippen molar-refractivity contribution in [1.29, 1.82) is 0 Å². The fourth-order valence-electron chi connectivity index (χ4n) is 1.46. The summed E-state index contributed by atoms with van der Waals surface area (Å²) in [6.45, 7) is 3.43. The Bertz CT molecular complexity index is 432. The van der Waals surface area contributed by atoms with Gasteiger partial charge in [0.25, 0.3) is 0 Å². The van der Waals surface area contributed by atoms with Gasteiger partial charge in [0, 0.05) is 32.1 Å². The molecule has 0 saturated heterocycles. The molecule has 5 N–H and O–H groups in total. The van der Waals surface area contributed by atoms with Gasteiger partial charge in [0.2, 0.25) is 5.91 Å². The van der Waals surface area contributed by atoms with Crippen LogP contribution in [0.1, 0.15) is 18.1 Å². The summed E-state index contributed by atoms with van der Waals surface area (Å²) >= 11 is 0. The quantitative estimate of drug-likeness (QED) is 0.188. The van der Waals surface area contributed by atoms with Gasteiger partial charge in [0.1, 0.15) is 0 Å². The second-order valence-corrected chi connectivity index (χ2v) is 3.85. The van der Waals surface area contributed by atoms with Gasteiger partial charge in [0.15, 0.2) is 5.84 Å². The smallest absolute Gasteiger partial charge is 0.216 e. The van der Waals surface area contributed by atoms with Crippen molar-refractivity contribution in [3.63, 3.8) is 0 Å². The molecule has 0 fully saturated rings. The van der Waals surface area contributed by atoms with Gasteiger partial charge in [-0.05, 0) is 11.6 Å². The van der Waals surface area contributed by atoms with Crippen molar-refractivity contribution >= 4 is 11.7 Å². The standard InChI is InChI=1S/C12H18N4O2/c1-9(17)15-6-5-14-8-10-3-2-4-11(7-10)12(13)16-18/h2-4,7,14,18H,5-6,8H2,1H3,(H2,13,16)(H,15,17). The van der Waals surface area contributed by atoms with E-state index < -0.39 is 0 Å². The second kappa shape index (κ2) is 7.29. The van der Waals surface area contributed by atoms with Gasteiger partial charge in [-0.1, -0.05) is 23.4 Å². The van der Waals surface area contributed by atoms with Crippen molar-refractivity contribution in [1.82, 2.24) is 10.6 Å². The minimum absolute atomic E-state index is 0.0364. The summed E-state index contributed by atoms with van der Waals surface area (Å²) in [7, 11) is 0. The van der Waals surface area contributed by atoms with E-state index in [4.69, 9.17) is 10.9 Å². The molecule has 0 aliphatic rings. The van der Waals surface area contributed by atoms with Crippen LogP contribution in [0.25, 0.3) is 0 Å². The predicted octanol–water partition coefficient (Wildman–Crippen LogP) is 0.00680. The highest BCUT2D eigenvalue weighted by Crippen LogP contribution is 2.04. The summed E-state index contributed by atoms with van der Waals surface area (Å²) < 4.78 is 0. The summed E-state index contributed by atoms with van der Waals surface area (Å²) in [5.41, 5.74) is 7.21. The van der Waals surface area contributed by atoms with Crippen LogP contribution in [0.4, 0.5) is 0 Å². The molecule has 0 spiro atoms. The first-order valence-electron chi connectivity index (χ1n) is 5.65. The lowest BCUT2D eigenvalue weighted by molar-refractivity contribution is -0.118. The van der Waals surface area contributed by atoms with E-state index in [0.717, 1.165) is 5.56 Å². The molecule has 0 heterocycles. The molecule has 98 valence electrons. The molecule has 1 rings (SSSR count). The molecular formula is C12H18N4O2. The van der Waals surface area contributed by atoms with E-state index in [1.807, 2.05) is 18.2 Å². The molecule has 0 radical (unpaired) electrons. The lowest BCUT2D eigenvalue weighted by Gasteiger charge is -2.07. The van der Waals surface area contributed by atoms with E-state index in [1.165, 1.54) is 6.92 Å². The van der Waals surface area contributed by atoms with Crippen LogP contribution in [0.3, 0.4) is 0 Å². The molecule has 6 heteroatoms. The van der Waals surface area contributed by atoms with Crippen LogP contribution in [0.5, 0.6) is 0 Å². The maximum Gasteiger partial charge on any atom is 0.216 e. The van der Waals surface area contributed by atoms with Crippen molar-refractivity contribution in [2.45, 2.75) is 13.5 Å². The van der Waals surface area contributed by atoms with Crippen molar-refractivity contribution in [3.05, 3.63) is 35.4 Å². The number of oxime groups is 1. The number of amides is 1. The predicted molar refractivity (Wildman–Crippen MR) is 69.3 cm³/mol. The number of carbonyl (C=O) groups is 1. The SMILES string of the molecule is CC(=O)NCCNCc1cccc(/C(N)=N/O)c1. The Morgan fingerprint density at radius 3 is 2.89 bits per heavy atom. The molecule has 18 heavy (non-hydrogen) atoms. The van der Waals surface area contributed by atoms with Crippen LogP contribution in [0.2, 0.25) is 0 Å². The fraction of sp³-hybridized carbons (Fsp3) is 0.333. The van der Waals surface area contributed by atoms with Gasteiger partial charge in [-0.2, -0.15) is 0 Å². The number of benzene rings is 1. The number of nitrogens with zero attached hydrogens (tertiary/aromatic N) is 1. The summed E-state index contributed by atoms with van der Waals surface area (Å²) in [5, 5.41) is 17.4. The molecule has 0 bridgehead atoms. The number of amidine groups is 1.